The molecule has 0 radical (unpaired) electrons. The van der Waals surface area contributed by atoms with Crippen molar-refractivity contribution in [1.82, 2.24) is 10.2 Å². The lowest BCUT2D eigenvalue weighted by molar-refractivity contribution is 0.0984. The van der Waals surface area contributed by atoms with Gasteiger partial charge in [-0.2, -0.15) is 0 Å². The number of nitrogens with zero attached hydrogens (tertiary/aromatic N) is 3. The molecule has 0 unspecified atom stereocenters. The summed E-state index contributed by atoms with van der Waals surface area (Å²) in [5, 5.41) is 8.15. The molecule has 1 aromatic heterocycles. The molecule has 0 spiro atoms. The Hall–Kier alpha value is -3.44. The van der Waals surface area contributed by atoms with Gasteiger partial charge in [0.2, 0.25) is 5.01 Å². The van der Waals surface area contributed by atoms with Crippen molar-refractivity contribution < 1.29 is 18.7 Å². The molecule has 0 aliphatic heterocycles. The van der Waals surface area contributed by atoms with E-state index >= 15 is 0 Å². The summed E-state index contributed by atoms with van der Waals surface area (Å²) in [5.74, 6) is 2.66. The number of aromatic nitrogens is 2. The molecule has 1 amide bonds. The lowest BCUT2D eigenvalue weighted by atomic mass is 10.1. The fraction of sp³-hybridized carbons (Fsp3) is 0.150. The average molecular weight is 397 g/mol. The van der Waals surface area contributed by atoms with Gasteiger partial charge in [0.15, 0.2) is 5.01 Å². The van der Waals surface area contributed by atoms with E-state index in [1.807, 2.05) is 0 Å². The predicted molar refractivity (Wildman–Crippen MR) is 104 cm³/mol. The van der Waals surface area contributed by atoms with E-state index in [2.05, 4.69) is 16.1 Å². The van der Waals surface area contributed by atoms with E-state index in [0.29, 0.717) is 22.2 Å². The van der Waals surface area contributed by atoms with E-state index in [1.54, 1.807) is 30.3 Å². The topological polar surface area (TPSA) is 64.6 Å². The van der Waals surface area contributed by atoms with Crippen LogP contribution >= 0.6 is 11.3 Å². The Morgan fingerprint density at radius 1 is 1.14 bits per heavy atom. The molecule has 3 rings (SSSR count). The molecule has 8 heteroatoms. The highest BCUT2D eigenvalue weighted by Crippen LogP contribution is 2.30. The van der Waals surface area contributed by atoms with Gasteiger partial charge in [0, 0.05) is 18.2 Å². The van der Waals surface area contributed by atoms with Crippen LogP contribution in [-0.4, -0.2) is 30.3 Å². The minimum Gasteiger partial charge on any atom is -0.497 e. The van der Waals surface area contributed by atoms with Crippen LogP contribution in [0.3, 0.4) is 0 Å². The molecule has 0 aliphatic rings. The van der Waals surface area contributed by atoms with E-state index in [9.17, 15) is 9.18 Å². The number of amides is 1. The van der Waals surface area contributed by atoms with Crippen LogP contribution in [0.25, 0.3) is 0 Å². The Kier molecular flexibility index (Phi) is 5.87. The molecule has 142 valence electrons. The molecule has 28 heavy (non-hydrogen) atoms. The van der Waals surface area contributed by atoms with Crippen molar-refractivity contribution in [1.29, 1.82) is 0 Å². The molecule has 3 aromatic rings. The zero-order valence-corrected chi connectivity index (χ0v) is 16.0. The Bertz CT molecular complexity index is 1010. The Labute approximate surface area is 165 Å². The van der Waals surface area contributed by atoms with Crippen LogP contribution in [0.15, 0.2) is 42.5 Å². The number of benzene rings is 2. The summed E-state index contributed by atoms with van der Waals surface area (Å²) in [7, 11) is 3.04. The van der Waals surface area contributed by atoms with E-state index in [4.69, 9.17) is 15.9 Å². The van der Waals surface area contributed by atoms with Crippen LogP contribution in [0.2, 0.25) is 0 Å². The molecule has 0 atom stereocenters. The van der Waals surface area contributed by atoms with Crippen LogP contribution in [-0.2, 0) is 6.54 Å². The number of halogens is 1. The number of terminal acetylenes is 1. The maximum Gasteiger partial charge on any atom is 0.289 e. The number of ether oxygens (including phenoxy) is 2. The first kappa shape index (κ1) is 19.3. The summed E-state index contributed by atoms with van der Waals surface area (Å²) in [5.41, 5.74) is 1.27. The molecular weight excluding hydrogens is 381 g/mol. The normalized spacial score (nSPS) is 10.2. The van der Waals surface area contributed by atoms with E-state index < -0.39 is 5.91 Å². The van der Waals surface area contributed by atoms with Crippen molar-refractivity contribution in [2.75, 3.05) is 19.1 Å². The molecule has 0 N–H and O–H groups in total. The Morgan fingerprint density at radius 3 is 2.32 bits per heavy atom. The van der Waals surface area contributed by atoms with Crippen LogP contribution in [0.5, 0.6) is 11.5 Å². The van der Waals surface area contributed by atoms with Gasteiger partial charge in [-0.05, 0) is 23.6 Å². The highest BCUT2D eigenvalue weighted by atomic mass is 32.1. The summed E-state index contributed by atoms with van der Waals surface area (Å²) in [6.07, 6.45) is 5.33. The van der Waals surface area contributed by atoms with E-state index in [1.165, 1.54) is 31.3 Å². The second kappa shape index (κ2) is 8.50. The minimum atomic E-state index is -0.390. The largest absolute Gasteiger partial charge is 0.497 e. The van der Waals surface area contributed by atoms with Gasteiger partial charge in [-0.15, -0.1) is 16.6 Å². The fourth-order valence-electron chi connectivity index (χ4n) is 2.48. The third kappa shape index (κ3) is 4.27. The average Bonchev–Trinajstić information content (AvgIpc) is 3.21. The lowest BCUT2D eigenvalue weighted by Gasteiger charge is -2.23. The number of carbonyl (C=O) groups excluding carboxylic acids is 1. The molecule has 0 saturated carbocycles. The van der Waals surface area contributed by atoms with Gasteiger partial charge in [-0.25, -0.2) is 4.39 Å². The van der Waals surface area contributed by atoms with Crippen LogP contribution in [0.1, 0.15) is 20.4 Å². The third-order valence-corrected chi connectivity index (χ3v) is 4.72. The van der Waals surface area contributed by atoms with Crippen LogP contribution in [0.4, 0.5) is 10.1 Å². The van der Waals surface area contributed by atoms with Crippen molar-refractivity contribution in [3.8, 4) is 23.8 Å². The second-order valence-corrected chi connectivity index (χ2v) is 6.62. The molecule has 0 aliphatic carbocycles. The molecule has 1 heterocycles. The monoisotopic (exact) mass is 397 g/mol. The first-order chi connectivity index (χ1) is 13.5. The fourth-order valence-corrected chi connectivity index (χ4v) is 3.09. The zero-order chi connectivity index (χ0) is 20.1. The molecule has 2 aromatic carbocycles. The summed E-state index contributed by atoms with van der Waals surface area (Å²) >= 11 is 1.02. The van der Waals surface area contributed by atoms with E-state index in [0.717, 1.165) is 16.9 Å². The van der Waals surface area contributed by atoms with E-state index in [-0.39, 0.29) is 17.4 Å². The maximum absolute atomic E-state index is 13.3. The van der Waals surface area contributed by atoms with Gasteiger partial charge in [0.05, 0.1) is 26.5 Å². The minimum absolute atomic E-state index is 0.150. The maximum atomic E-state index is 13.3. The number of rotatable bonds is 6. The van der Waals surface area contributed by atoms with Crippen LogP contribution < -0.4 is 14.4 Å². The highest BCUT2D eigenvalue weighted by Gasteiger charge is 2.23. The zero-order valence-electron chi connectivity index (χ0n) is 15.2. The summed E-state index contributed by atoms with van der Waals surface area (Å²) in [4.78, 5) is 14.6. The first-order valence-corrected chi connectivity index (χ1v) is 8.95. The number of carbonyl (C=O) groups is 1. The molecule has 6 nitrogen and oxygen atoms in total. The molecular formula is C20H16FN3O3S. The summed E-state index contributed by atoms with van der Waals surface area (Å²) in [6, 6.07) is 11.0. The predicted octanol–water partition coefficient (Wildman–Crippen LogP) is 3.52. The lowest BCUT2D eigenvalue weighted by Crippen LogP contribution is -2.30. The SMILES string of the molecule is C#Cc1nnc(C(=O)N(Cc2ccc(F)cc2)c2cc(OC)cc(OC)c2)s1. The van der Waals surface area contributed by atoms with Crippen molar-refractivity contribution in [3.63, 3.8) is 0 Å². The van der Waals surface area contributed by atoms with Crippen molar-refractivity contribution in [2.45, 2.75) is 6.54 Å². The van der Waals surface area contributed by atoms with Gasteiger partial charge in [0.1, 0.15) is 17.3 Å². The Morgan fingerprint density at radius 2 is 1.79 bits per heavy atom. The number of hydrogen-bond donors (Lipinski definition) is 0. The molecule has 0 saturated heterocycles. The highest BCUT2D eigenvalue weighted by molar-refractivity contribution is 7.13. The molecule has 0 bridgehead atoms. The third-order valence-electron chi connectivity index (χ3n) is 3.88. The van der Waals surface area contributed by atoms with Gasteiger partial charge >= 0.3 is 0 Å². The van der Waals surface area contributed by atoms with Crippen molar-refractivity contribution in [3.05, 3.63) is 63.9 Å². The quantitative estimate of drug-likeness (QED) is 0.596. The van der Waals surface area contributed by atoms with Gasteiger partial charge < -0.3 is 14.4 Å². The smallest absolute Gasteiger partial charge is 0.289 e. The van der Waals surface area contributed by atoms with Crippen molar-refractivity contribution >= 4 is 22.9 Å². The Balaban J connectivity index is 2.04. The van der Waals surface area contributed by atoms with Gasteiger partial charge in [-0.1, -0.05) is 23.5 Å². The van der Waals surface area contributed by atoms with Crippen molar-refractivity contribution in [2.24, 2.45) is 0 Å². The summed E-state index contributed by atoms with van der Waals surface area (Å²) in [6.45, 7) is 0.181. The molecule has 0 fully saturated rings. The first-order valence-electron chi connectivity index (χ1n) is 8.13. The number of hydrogen-bond acceptors (Lipinski definition) is 6. The van der Waals surface area contributed by atoms with Gasteiger partial charge in [-0.3, -0.25) is 4.79 Å². The van der Waals surface area contributed by atoms with Crippen LogP contribution in [0, 0.1) is 18.2 Å². The summed E-state index contributed by atoms with van der Waals surface area (Å²) < 4.78 is 23.9. The standard InChI is InChI=1S/C20H16FN3O3S/c1-4-18-22-23-19(28-18)20(25)24(12-13-5-7-14(21)8-6-13)15-9-16(26-2)11-17(10-15)27-3/h1,5-11H,12H2,2-3H3. The second-order valence-electron chi connectivity index (χ2n) is 5.65. The van der Waals surface area contributed by atoms with Gasteiger partial charge in [0.25, 0.3) is 5.91 Å². The number of anilines is 1. The number of methoxy groups -OCH3 is 2.